The average molecular weight is 471 g/mol. The lowest BCUT2D eigenvalue weighted by Crippen LogP contribution is -2.32. The molecule has 1 unspecified atom stereocenters. The van der Waals surface area contributed by atoms with Crippen LogP contribution in [0.15, 0.2) is 82.8 Å². The number of sulfone groups is 1. The lowest BCUT2D eigenvalue weighted by molar-refractivity contribution is 0.568. The number of nitrogens with one attached hydrogen (secondary N) is 1. The fourth-order valence-corrected chi connectivity index (χ4v) is 5.69. The van der Waals surface area contributed by atoms with Crippen molar-refractivity contribution in [3.8, 4) is 0 Å². The molecule has 2 aromatic carbocycles. The van der Waals surface area contributed by atoms with Gasteiger partial charge in [0.15, 0.2) is 9.84 Å². The van der Waals surface area contributed by atoms with Crippen molar-refractivity contribution < 1.29 is 16.8 Å². The quantitative estimate of drug-likeness (QED) is 0.565. The van der Waals surface area contributed by atoms with Gasteiger partial charge >= 0.3 is 0 Å². The van der Waals surface area contributed by atoms with Crippen LogP contribution >= 0.6 is 23.2 Å². The molecular formula is C19H16Cl2N2O4S2. The van der Waals surface area contributed by atoms with Crippen LogP contribution in [0, 0.1) is 0 Å². The molecule has 0 aliphatic heterocycles. The van der Waals surface area contributed by atoms with Gasteiger partial charge in [-0.15, -0.1) is 0 Å². The number of benzene rings is 2. The van der Waals surface area contributed by atoms with Gasteiger partial charge in [-0.05, 0) is 60.2 Å². The molecule has 1 atom stereocenters. The maximum Gasteiger partial charge on any atom is 0.240 e. The Morgan fingerprint density at radius 3 is 1.90 bits per heavy atom. The standard InChI is InChI=1S/C19H16Cl2N2O4S2/c20-15-3-7-17(8-4-15)28(24,25)19(14-2-1-11-22-12-14)13-23-29(26,27)18-9-5-16(21)6-10-18/h1-12,19,23H,13H2. The predicted molar refractivity (Wildman–Crippen MR) is 112 cm³/mol. The Balaban J connectivity index is 1.95. The maximum absolute atomic E-state index is 13.2. The summed E-state index contributed by atoms with van der Waals surface area (Å²) in [6.07, 6.45) is 2.90. The predicted octanol–water partition coefficient (Wildman–Crippen LogP) is 3.88. The second-order valence-corrected chi connectivity index (χ2v) is 10.9. The van der Waals surface area contributed by atoms with Crippen LogP contribution in [0.5, 0.6) is 0 Å². The molecule has 152 valence electrons. The second-order valence-electron chi connectivity index (χ2n) is 6.08. The van der Waals surface area contributed by atoms with Crippen LogP contribution in [0.1, 0.15) is 10.8 Å². The SMILES string of the molecule is O=S(=O)(NCC(c1cccnc1)S(=O)(=O)c1ccc(Cl)cc1)c1ccc(Cl)cc1. The first-order valence-corrected chi connectivity index (χ1v) is 12.1. The van der Waals surface area contributed by atoms with Crippen LogP contribution in [-0.4, -0.2) is 28.4 Å². The van der Waals surface area contributed by atoms with E-state index in [4.69, 9.17) is 23.2 Å². The molecule has 0 amide bonds. The van der Waals surface area contributed by atoms with Gasteiger partial charge in [-0.1, -0.05) is 29.3 Å². The highest BCUT2D eigenvalue weighted by Gasteiger charge is 2.31. The summed E-state index contributed by atoms with van der Waals surface area (Å²) in [6.45, 7) is -0.373. The zero-order valence-electron chi connectivity index (χ0n) is 14.9. The van der Waals surface area contributed by atoms with E-state index < -0.39 is 25.1 Å². The number of sulfonamides is 1. The van der Waals surface area contributed by atoms with E-state index in [2.05, 4.69) is 9.71 Å². The molecule has 3 aromatic rings. The highest BCUT2D eigenvalue weighted by Crippen LogP contribution is 2.29. The molecule has 29 heavy (non-hydrogen) atoms. The van der Waals surface area contributed by atoms with E-state index >= 15 is 0 Å². The molecule has 0 spiro atoms. The number of halogens is 2. The molecule has 0 fully saturated rings. The Kier molecular flexibility index (Phi) is 6.60. The summed E-state index contributed by atoms with van der Waals surface area (Å²) >= 11 is 11.6. The van der Waals surface area contributed by atoms with Gasteiger partial charge in [0.25, 0.3) is 0 Å². The van der Waals surface area contributed by atoms with E-state index in [0.29, 0.717) is 15.6 Å². The minimum Gasteiger partial charge on any atom is -0.264 e. The van der Waals surface area contributed by atoms with Crippen molar-refractivity contribution in [3.63, 3.8) is 0 Å². The highest BCUT2D eigenvalue weighted by molar-refractivity contribution is 7.92. The molecule has 1 aromatic heterocycles. The van der Waals surface area contributed by atoms with E-state index in [1.165, 1.54) is 60.9 Å². The Labute approximate surface area is 179 Å². The van der Waals surface area contributed by atoms with Gasteiger partial charge in [-0.25, -0.2) is 21.6 Å². The summed E-state index contributed by atoms with van der Waals surface area (Å²) in [5, 5.41) is -0.396. The molecule has 0 bridgehead atoms. The first kappa shape index (κ1) is 21.7. The second kappa shape index (κ2) is 8.81. The Hall–Kier alpha value is -1.97. The molecule has 1 heterocycles. The van der Waals surface area contributed by atoms with Crippen molar-refractivity contribution in [1.29, 1.82) is 0 Å². The molecule has 10 heteroatoms. The smallest absolute Gasteiger partial charge is 0.240 e. The van der Waals surface area contributed by atoms with Crippen LogP contribution < -0.4 is 4.72 Å². The lowest BCUT2D eigenvalue weighted by Gasteiger charge is -2.19. The first-order chi connectivity index (χ1) is 13.7. The van der Waals surface area contributed by atoms with Gasteiger partial charge in [0.1, 0.15) is 5.25 Å². The summed E-state index contributed by atoms with van der Waals surface area (Å²) in [6, 6.07) is 14.4. The van der Waals surface area contributed by atoms with Crippen LogP contribution in [0.25, 0.3) is 0 Å². The molecular weight excluding hydrogens is 455 g/mol. The third-order valence-electron chi connectivity index (χ3n) is 4.16. The zero-order valence-corrected chi connectivity index (χ0v) is 18.0. The Morgan fingerprint density at radius 1 is 0.828 bits per heavy atom. The van der Waals surface area contributed by atoms with Crippen LogP contribution in [-0.2, 0) is 19.9 Å². The van der Waals surface area contributed by atoms with Crippen molar-refractivity contribution in [1.82, 2.24) is 9.71 Å². The number of aromatic nitrogens is 1. The van der Waals surface area contributed by atoms with Crippen molar-refractivity contribution in [2.75, 3.05) is 6.54 Å². The Bertz CT molecular complexity index is 1180. The van der Waals surface area contributed by atoms with Gasteiger partial charge in [0, 0.05) is 29.0 Å². The molecule has 0 saturated heterocycles. The molecule has 1 N–H and O–H groups in total. The van der Waals surface area contributed by atoms with Gasteiger partial charge in [0.2, 0.25) is 10.0 Å². The van der Waals surface area contributed by atoms with E-state index in [1.54, 1.807) is 12.1 Å². The number of pyridine rings is 1. The van der Waals surface area contributed by atoms with E-state index in [9.17, 15) is 16.8 Å². The van der Waals surface area contributed by atoms with Crippen LogP contribution in [0.3, 0.4) is 0 Å². The summed E-state index contributed by atoms with van der Waals surface area (Å²) in [7, 11) is -7.87. The summed E-state index contributed by atoms with van der Waals surface area (Å²) in [5.74, 6) is 0. The van der Waals surface area contributed by atoms with Crippen molar-refractivity contribution >= 4 is 43.1 Å². The number of rotatable bonds is 7. The average Bonchev–Trinajstić information content (AvgIpc) is 2.69. The molecule has 6 nitrogen and oxygen atoms in total. The van der Waals surface area contributed by atoms with Crippen molar-refractivity contribution in [3.05, 3.63) is 88.7 Å². The fraction of sp³-hybridized carbons (Fsp3) is 0.105. The Morgan fingerprint density at radius 2 is 1.38 bits per heavy atom. The zero-order chi connectivity index (χ0) is 21.1. The van der Waals surface area contributed by atoms with Gasteiger partial charge < -0.3 is 0 Å². The molecule has 0 radical (unpaired) electrons. The van der Waals surface area contributed by atoms with Gasteiger partial charge in [-0.2, -0.15) is 0 Å². The van der Waals surface area contributed by atoms with E-state index in [0.717, 1.165) is 0 Å². The third kappa shape index (κ3) is 5.15. The molecule has 0 saturated carbocycles. The van der Waals surface area contributed by atoms with E-state index in [-0.39, 0.29) is 16.3 Å². The first-order valence-electron chi connectivity index (χ1n) is 8.35. The molecule has 0 aliphatic carbocycles. The summed E-state index contributed by atoms with van der Waals surface area (Å²) in [5.41, 5.74) is 0.362. The number of hydrogen-bond donors (Lipinski definition) is 1. The van der Waals surface area contributed by atoms with Crippen LogP contribution in [0.2, 0.25) is 10.0 Å². The summed E-state index contributed by atoms with van der Waals surface area (Å²) < 4.78 is 54.0. The van der Waals surface area contributed by atoms with Gasteiger partial charge in [-0.3, -0.25) is 4.98 Å². The summed E-state index contributed by atoms with van der Waals surface area (Å²) in [4.78, 5) is 3.97. The highest BCUT2D eigenvalue weighted by atomic mass is 35.5. The monoisotopic (exact) mass is 470 g/mol. The lowest BCUT2D eigenvalue weighted by atomic mass is 10.2. The van der Waals surface area contributed by atoms with Crippen molar-refractivity contribution in [2.45, 2.75) is 15.0 Å². The van der Waals surface area contributed by atoms with Crippen molar-refractivity contribution in [2.24, 2.45) is 0 Å². The van der Waals surface area contributed by atoms with Crippen LogP contribution in [0.4, 0.5) is 0 Å². The molecule has 3 rings (SSSR count). The largest absolute Gasteiger partial charge is 0.264 e. The number of hydrogen-bond acceptors (Lipinski definition) is 5. The normalized spacial score (nSPS) is 13.2. The minimum absolute atomic E-state index is 0.0178. The fourth-order valence-electron chi connectivity index (χ4n) is 2.64. The van der Waals surface area contributed by atoms with E-state index in [1.807, 2.05) is 0 Å². The maximum atomic E-state index is 13.2. The topological polar surface area (TPSA) is 93.2 Å². The molecule has 0 aliphatic rings. The third-order valence-corrected chi connectivity index (χ3v) is 8.22. The number of nitrogens with zero attached hydrogens (tertiary/aromatic N) is 1. The minimum atomic E-state index is -3.94. The van der Waals surface area contributed by atoms with Gasteiger partial charge in [0.05, 0.1) is 9.79 Å².